The molecule has 0 aliphatic carbocycles. The van der Waals surface area contributed by atoms with Crippen molar-refractivity contribution in [2.45, 2.75) is 85.7 Å². The van der Waals surface area contributed by atoms with Crippen LogP contribution in [0.3, 0.4) is 0 Å². The molecule has 0 spiro atoms. The first kappa shape index (κ1) is 42.0. The Hall–Kier alpha value is -4.07. The van der Waals surface area contributed by atoms with E-state index in [0.29, 0.717) is 29.3 Å². The maximum Gasteiger partial charge on any atom is 0.252 e. The third-order valence-electron chi connectivity index (χ3n) is 6.67. The van der Waals surface area contributed by atoms with Crippen molar-refractivity contribution in [3.8, 4) is 11.4 Å². The average molecular weight is 674 g/mol. The van der Waals surface area contributed by atoms with Crippen molar-refractivity contribution in [1.82, 2.24) is 25.0 Å². The number of halogens is 2. The predicted octanol–water partition coefficient (Wildman–Crippen LogP) is 6.37. The Morgan fingerprint density at radius 1 is 1.06 bits per heavy atom. The average Bonchev–Trinajstić information content (AvgIpc) is 3.76. The first-order valence-electron chi connectivity index (χ1n) is 16.2. The molecule has 0 radical (unpaired) electrons. The van der Waals surface area contributed by atoms with E-state index in [1.54, 1.807) is 30.5 Å². The maximum absolute atomic E-state index is 11.9. The summed E-state index contributed by atoms with van der Waals surface area (Å²) >= 11 is 0. The van der Waals surface area contributed by atoms with Gasteiger partial charge in [0.2, 0.25) is 18.2 Å². The summed E-state index contributed by atoms with van der Waals surface area (Å²) in [7, 11) is 1.70. The van der Waals surface area contributed by atoms with Gasteiger partial charge in [0.25, 0.3) is 5.89 Å². The fourth-order valence-corrected chi connectivity index (χ4v) is 4.00. The number of allylic oxidation sites excluding steroid dienone is 3. The van der Waals surface area contributed by atoms with Gasteiger partial charge >= 0.3 is 0 Å². The molecular weight excluding hydrogens is 620 g/mol. The monoisotopic (exact) mass is 673 g/mol. The van der Waals surface area contributed by atoms with Crippen molar-refractivity contribution in [2.24, 2.45) is 5.73 Å². The van der Waals surface area contributed by atoms with E-state index in [1.807, 2.05) is 47.6 Å². The number of amides is 1. The maximum atomic E-state index is 11.9. The van der Waals surface area contributed by atoms with E-state index in [9.17, 15) is 13.6 Å². The lowest BCUT2D eigenvalue weighted by Crippen LogP contribution is -2.35. The summed E-state index contributed by atoms with van der Waals surface area (Å²) in [5, 5.41) is 3.98. The van der Waals surface area contributed by atoms with E-state index in [-0.39, 0.29) is 18.8 Å². The van der Waals surface area contributed by atoms with Crippen LogP contribution in [0.4, 0.5) is 14.7 Å². The molecule has 1 aromatic carbocycles. The number of rotatable bonds is 8. The number of hydrogen-bond acceptors (Lipinski definition) is 10. The Labute approximate surface area is 284 Å². The first-order valence-corrected chi connectivity index (χ1v) is 16.2. The normalized spacial score (nSPS) is 15.4. The van der Waals surface area contributed by atoms with Crippen molar-refractivity contribution < 1.29 is 27.6 Å². The number of anilines is 1. The van der Waals surface area contributed by atoms with E-state index in [1.165, 1.54) is 5.57 Å². The minimum Gasteiger partial charge on any atom is -0.382 e. The Bertz CT molecular complexity index is 1290. The van der Waals surface area contributed by atoms with Crippen LogP contribution >= 0.6 is 0 Å². The largest absolute Gasteiger partial charge is 0.382 e. The van der Waals surface area contributed by atoms with Crippen molar-refractivity contribution >= 4 is 12.4 Å². The third kappa shape index (κ3) is 17.2. The van der Waals surface area contributed by atoms with E-state index in [4.69, 9.17) is 19.7 Å². The summed E-state index contributed by atoms with van der Waals surface area (Å²) in [5.74, 6) is 0.699. The molecule has 0 saturated carbocycles. The van der Waals surface area contributed by atoms with E-state index in [0.717, 1.165) is 76.1 Å². The highest BCUT2D eigenvalue weighted by molar-refractivity contribution is 5.52. The van der Waals surface area contributed by atoms with Crippen LogP contribution in [-0.2, 0) is 20.9 Å². The number of methoxy groups -OCH3 is 1. The van der Waals surface area contributed by atoms with E-state index in [2.05, 4.69) is 31.6 Å². The number of piperidine rings is 1. The molecule has 1 amide bonds. The highest BCUT2D eigenvalue weighted by Crippen LogP contribution is 2.20. The first-order chi connectivity index (χ1) is 23.0. The third-order valence-corrected chi connectivity index (χ3v) is 6.67. The number of carbonyl (C=O) groups excluding carboxylic acids is 1. The van der Waals surface area contributed by atoms with E-state index < -0.39 is 11.6 Å². The molecule has 11 nitrogen and oxygen atoms in total. The lowest BCUT2D eigenvalue weighted by Gasteiger charge is -2.28. The number of ether oxygens (including phenoxy) is 2. The summed E-state index contributed by atoms with van der Waals surface area (Å²) < 4.78 is 39.7. The van der Waals surface area contributed by atoms with Gasteiger partial charge in [0.05, 0.1) is 17.8 Å². The summed E-state index contributed by atoms with van der Waals surface area (Å²) in [6, 6.07) is 4.49. The molecule has 2 fully saturated rings. The molecule has 48 heavy (non-hydrogen) atoms. The van der Waals surface area contributed by atoms with Crippen molar-refractivity contribution in [3.63, 3.8) is 0 Å². The minimum atomic E-state index is -0.411. The zero-order valence-electron chi connectivity index (χ0n) is 29.4. The van der Waals surface area contributed by atoms with Gasteiger partial charge in [0, 0.05) is 51.7 Å². The highest BCUT2D eigenvalue weighted by Gasteiger charge is 2.22. The minimum absolute atomic E-state index is 0.103. The molecule has 2 saturated heterocycles. The molecule has 0 bridgehead atoms. The van der Waals surface area contributed by atoms with Gasteiger partial charge in [-0.05, 0) is 71.2 Å². The molecule has 2 N–H and O–H groups in total. The standard InChI is InChI=1S/C17H23N7O3.C6H4F2.C6H10.C4H10O.C2H6/c18-13-1-6-24(9-13)17-19-7-12(8-20-17)16-21-15(27-22-16)10-26-14-2-4-23(11-25)5-3-14;7-5-1-2-6(8)4-3-5;1-4-5-6(2)3;1-4(2)5-3;1-2/h7-8,11,13-14H,1-6,9-10,18H2;1-4H;4-5H,1H2,2-3H3;4H,1-3H3;1-2H3. The lowest BCUT2D eigenvalue weighted by molar-refractivity contribution is -0.120. The number of hydrogen-bond donors (Lipinski definition) is 1. The molecule has 4 heterocycles. The molecule has 266 valence electrons. The van der Waals surface area contributed by atoms with Gasteiger partial charge in [-0.15, -0.1) is 0 Å². The van der Waals surface area contributed by atoms with Crippen LogP contribution in [0.2, 0.25) is 0 Å². The molecule has 2 aliphatic heterocycles. The fraction of sp³-hybridized carbons (Fsp3) is 0.514. The molecule has 2 aliphatic rings. The van der Waals surface area contributed by atoms with Crippen LogP contribution in [-0.4, -0.2) is 83.0 Å². The molecule has 5 rings (SSSR count). The highest BCUT2D eigenvalue weighted by atomic mass is 19.1. The van der Waals surface area contributed by atoms with Crippen molar-refractivity contribution in [2.75, 3.05) is 38.2 Å². The quantitative estimate of drug-likeness (QED) is 0.212. The van der Waals surface area contributed by atoms with Crippen LogP contribution < -0.4 is 10.6 Å². The number of nitrogens with zero attached hydrogens (tertiary/aromatic N) is 6. The summed E-state index contributed by atoms with van der Waals surface area (Å²) in [6.07, 6.45) is 11.1. The number of carbonyl (C=O) groups is 1. The van der Waals surface area contributed by atoms with Gasteiger partial charge in [-0.3, -0.25) is 4.79 Å². The van der Waals surface area contributed by atoms with Gasteiger partial charge in [0.15, 0.2) is 0 Å². The second kappa shape index (κ2) is 24.1. The van der Waals surface area contributed by atoms with Crippen LogP contribution in [0.25, 0.3) is 11.4 Å². The second-order valence-corrected chi connectivity index (χ2v) is 11.1. The Morgan fingerprint density at radius 2 is 1.62 bits per heavy atom. The fourth-order valence-electron chi connectivity index (χ4n) is 4.00. The molecule has 13 heteroatoms. The zero-order chi connectivity index (χ0) is 35.9. The molecule has 1 atom stereocenters. The van der Waals surface area contributed by atoms with Gasteiger partial charge in [-0.25, -0.2) is 18.7 Å². The number of aromatic nitrogens is 4. The predicted molar refractivity (Wildman–Crippen MR) is 185 cm³/mol. The smallest absolute Gasteiger partial charge is 0.252 e. The van der Waals surface area contributed by atoms with Gasteiger partial charge in [-0.2, -0.15) is 4.98 Å². The van der Waals surface area contributed by atoms with Gasteiger partial charge in [-0.1, -0.05) is 43.3 Å². The molecule has 3 aromatic rings. The van der Waals surface area contributed by atoms with Gasteiger partial charge < -0.3 is 29.5 Å². The number of benzene rings is 1. The second-order valence-electron chi connectivity index (χ2n) is 11.1. The van der Waals surface area contributed by atoms with Crippen molar-refractivity contribution in [3.05, 3.63) is 78.5 Å². The van der Waals surface area contributed by atoms with Crippen LogP contribution in [0.5, 0.6) is 0 Å². The molecule has 2 aromatic heterocycles. The number of likely N-dealkylation sites (tertiary alicyclic amines) is 1. The molecular formula is C35H53F2N7O4. The number of nitrogens with two attached hydrogens (primary N) is 1. The van der Waals surface area contributed by atoms with Crippen molar-refractivity contribution in [1.29, 1.82) is 0 Å². The summed E-state index contributed by atoms with van der Waals surface area (Å²) in [5.41, 5.74) is 7.91. The summed E-state index contributed by atoms with van der Waals surface area (Å²) in [4.78, 5) is 27.7. The Morgan fingerprint density at radius 3 is 2.04 bits per heavy atom. The van der Waals surface area contributed by atoms with E-state index >= 15 is 0 Å². The SMILES string of the molecule is C=CC=C(C)C.CC.COC(C)C.Fc1ccc(F)cc1.NC1CCN(c2ncc(-c3noc(COC4CCN(C=O)CC4)n3)cn2)C1. The Balaban J connectivity index is 0.000000447. The Kier molecular flexibility index (Phi) is 21.1. The van der Waals surface area contributed by atoms with Gasteiger partial charge in [0.1, 0.15) is 18.2 Å². The molecule has 1 unspecified atom stereocenters. The zero-order valence-corrected chi connectivity index (χ0v) is 29.4. The topological polar surface area (TPSA) is 133 Å². The van der Waals surface area contributed by atoms with Crippen LogP contribution in [0.15, 0.2) is 65.5 Å². The van der Waals surface area contributed by atoms with Crippen LogP contribution in [0.1, 0.15) is 66.7 Å². The lowest BCUT2D eigenvalue weighted by atomic mass is 10.1. The van der Waals surface area contributed by atoms with Crippen LogP contribution in [0, 0.1) is 11.6 Å². The summed E-state index contributed by atoms with van der Waals surface area (Å²) in [6.45, 7) is 18.9.